The minimum atomic E-state index is -3.02. The summed E-state index contributed by atoms with van der Waals surface area (Å²) in [7, 11) is -3.02. The van der Waals surface area contributed by atoms with Crippen molar-refractivity contribution in [3.8, 4) is 0 Å². The number of fused-ring (bicyclic) bond motifs is 1. The molecule has 1 saturated carbocycles. The van der Waals surface area contributed by atoms with Crippen molar-refractivity contribution in [3.05, 3.63) is 16.1 Å². The zero-order valence-corrected chi connectivity index (χ0v) is 13.9. The average Bonchev–Trinajstić information content (AvgIpc) is 2.93. The van der Waals surface area contributed by atoms with Gasteiger partial charge in [-0.2, -0.15) is 4.31 Å². The van der Waals surface area contributed by atoms with E-state index in [0.29, 0.717) is 12.6 Å². The molecule has 3 fully saturated rings. The quantitative estimate of drug-likeness (QED) is 0.843. The van der Waals surface area contributed by atoms with Crippen molar-refractivity contribution < 1.29 is 8.42 Å². The summed E-state index contributed by atoms with van der Waals surface area (Å²) in [6.07, 6.45) is 3.66. The molecule has 1 aliphatic carbocycles. The van der Waals surface area contributed by atoms with Gasteiger partial charge in [0.05, 0.1) is 16.0 Å². The molecule has 2 saturated heterocycles. The van der Waals surface area contributed by atoms with Crippen molar-refractivity contribution in [2.24, 2.45) is 0 Å². The highest BCUT2D eigenvalue weighted by Crippen LogP contribution is 2.39. The van der Waals surface area contributed by atoms with Gasteiger partial charge in [0.25, 0.3) is 0 Å². The van der Waals surface area contributed by atoms with Gasteiger partial charge in [0.15, 0.2) is 0 Å². The molecule has 2 atom stereocenters. The second kappa shape index (κ2) is 5.01. The lowest BCUT2D eigenvalue weighted by molar-refractivity contribution is 0.238. The van der Waals surface area contributed by atoms with Crippen LogP contribution >= 0.6 is 11.3 Å². The Morgan fingerprint density at radius 3 is 2.67 bits per heavy atom. The first-order chi connectivity index (χ1) is 10.1. The smallest absolute Gasteiger partial charge is 0.217 e. The van der Waals surface area contributed by atoms with Gasteiger partial charge in [-0.1, -0.05) is 0 Å². The Morgan fingerprint density at radius 2 is 2.00 bits per heavy atom. The molecule has 1 aromatic heterocycles. The Hall–Kier alpha value is -0.500. The predicted octanol–water partition coefficient (Wildman–Crippen LogP) is 1.59. The summed E-state index contributed by atoms with van der Waals surface area (Å²) in [4.78, 5) is 6.97. The molecule has 0 radical (unpaired) electrons. The van der Waals surface area contributed by atoms with Crippen LogP contribution in [0.1, 0.15) is 36.4 Å². The summed E-state index contributed by atoms with van der Waals surface area (Å²) >= 11 is 1.69. The standard InChI is InChI=1S/C14H21N3O2S2/c1-10-15-11(9-20-10)8-16-6-4-14-13(16)5-7-17(14)21(18,19)12-2-3-12/h9,12-14H,2-8H2,1H3/t13-,14-/m0/s1. The van der Waals surface area contributed by atoms with Crippen LogP contribution in [0.15, 0.2) is 5.38 Å². The molecule has 1 aromatic rings. The molecule has 0 aromatic carbocycles. The number of rotatable bonds is 4. The molecule has 7 heteroatoms. The maximum atomic E-state index is 12.5. The lowest BCUT2D eigenvalue weighted by atomic mass is 10.1. The van der Waals surface area contributed by atoms with Crippen LogP contribution in [0.25, 0.3) is 0 Å². The van der Waals surface area contributed by atoms with E-state index in [9.17, 15) is 8.42 Å². The molecule has 0 spiro atoms. The fraction of sp³-hybridized carbons (Fsp3) is 0.786. The van der Waals surface area contributed by atoms with E-state index < -0.39 is 10.0 Å². The van der Waals surface area contributed by atoms with Gasteiger partial charge in [0.2, 0.25) is 10.0 Å². The van der Waals surface area contributed by atoms with E-state index in [1.165, 1.54) is 0 Å². The summed E-state index contributed by atoms with van der Waals surface area (Å²) in [6, 6.07) is 0.593. The maximum Gasteiger partial charge on any atom is 0.217 e. The molecule has 3 aliphatic rings. The molecule has 3 heterocycles. The normalized spacial score (nSPS) is 30.9. The molecule has 2 aliphatic heterocycles. The Labute approximate surface area is 130 Å². The summed E-state index contributed by atoms with van der Waals surface area (Å²) in [6.45, 7) is 4.59. The van der Waals surface area contributed by atoms with Crippen LogP contribution in [0.3, 0.4) is 0 Å². The Morgan fingerprint density at radius 1 is 1.24 bits per heavy atom. The molecule has 4 rings (SSSR count). The molecule has 116 valence electrons. The number of nitrogens with zero attached hydrogens (tertiary/aromatic N) is 3. The lowest BCUT2D eigenvalue weighted by Crippen LogP contribution is -2.41. The van der Waals surface area contributed by atoms with Crippen molar-refractivity contribution in [3.63, 3.8) is 0 Å². The number of aromatic nitrogens is 1. The zero-order valence-electron chi connectivity index (χ0n) is 12.2. The third kappa shape index (κ3) is 2.44. The number of hydrogen-bond donors (Lipinski definition) is 0. The van der Waals surface area contributed by atoms with E-state index in [2.05, 4.69) is 15.3 Å². The van der Waals surface area contributed by atoms with Gasteiger partial charge in [0.1, 0.15) is 0 Å². The Bertz CT molecular complexity index is 638. The number of sulfonamides is 1. The largest absolute Gasteiger partial charge is 0.293 e. The number of thiazole rings is 1. The highest BCUT2D eigenvalue weighted by atomic mass is 32.2. The topological polar surface area (TPSA) is 53.5 Å². The van der Waals surface area contributed by atoms with Crippen LogP contribution in [0.4, 0.5) is 0 Å². The van der Waals surface area contributed by atoms with Gasteiger partial charge in [-0.3, -0.25) is 4.90 Å². The summed E-state index contributed by atoms with van der Waals surface area (Å²) in [5.74, 6) is 0. The van der Waals surface area contributed by atoms with Gasteiger partial charge < -0.3 is 0 Å². The van der Waals surface area contributed by atoms with E-state index in [1.54, 1.807) is 11.3 Å². The molecule has 5 nitrogen and oxygen atoms in total. The second-order valence-electron chi connectivity index (χ2n) is 6.40. The third-order valence-electron chi connectivity index (χ3n) is 4.94. The van der Waals surface area contributed by atoms with Gasteiger partial charge >= 0.3 is 0 Å². The van der Waals surface area contributed by atoms with Crippen LogP contribution in [0.5, 0.6) is 0 Å². The molecule has 21 heavy (non-hydrogen) atoms. The Balaban J connectivity index is 1.48. The van der Waals surface area contributed by atoms with Gasteiger partial charge in [-0.25, -0.2) is 13.4 Å². The minimum Gasteiger partial charge on any atom is -0.293 e. The molecule has 0 N–H and O–H groups in total. The van der Waals surface area contributed by atoms with Crippen LogP contribution in [0.2, 0.25) is 0 Å². The highest BCUT2D eigenvalue weighted by Gasteiger charge is 2.50. The molecule has 0 amide bonds. The van der Waals surface area contributed by atoms with Gasteiger partial charge in [-0.15, -0.1) is 11.3 Å². The third-order valence-corrected chi connectivity index (χ3v) is 8.19. The molecule has 0 bridgehead atoms. The van der Waals surface area contributed by atoms with Crippen molar-refractivity contribution >= 4 is 21.4 Å². The van der Waals surface area contributed by atoms with Crippen molar-refractivity contribution in [1.82, 2.24) is 14.2 Å². The molecular weight excluding hydrogens is 306 g/mol. The van der Waals surface area contributed by atoms with Gasteiger partial charge in [0, 0.05) is 37.1 Å². The van der Waals surface area contributed by atoms with Crippen LogP contribution in [0, 0.1) is 6.92 Å². The highest BCUT2D eigenvalue weighted by molar-refractivity contribution is 7.90. The summed E-state index contributed by atoms with van der Waals surface area (Å²) in [5.41, 5.74) is 1.13. The van der Waals surface area contributed by atoms with Crippen LogP contribution in [-0.4, -0.2) is 53.0 Å². The lowest BCUT2D eigenvalue weighted by Gasteiger charge is -2.24. The van der Waals surface area contributed by atoms with E-state index in [1.807, 2.05) is 11.2 Å². The first kappa shape index (κ1) is 14.1. The monoisotopic (exact) mass is 327 g/mol. The summed E-state index contributed by atoms with van der Waals surface area (Å²) < 4.78 is 26.8. The fourth-order valence-electron chi connectivity index (χ4n) is 3.79. The second-order valence-corrected chi connectivity index (χ2v) is 9.62. The minimum absolute atomic E-state index is 0.0773. The SMILES string of the molecule is Cc1nc(CN2CC[C@H]3[C@@H]2CCN3S(=O)(=O)C2CC2)cs1. The molecule has 0 unspecified atom stereocenters. The van der Waals surface area contributed by atoms with Crippen molar-refractivity contribution in [2.75, 3.05) is 13.1 Å². The first-order valence-electron chi connectivity index (χ1n) is 7.71. The fourth-order valence-corrected chi connectivity index (χ4v) is 6.50. The van der Waals surface area contributed by atoms with E-state index >= 15 is 0 Å². The Kier molecular flexibility index (Phi) is 3.37. The van der Waals surface area contributed by atoms with E-state index in [4.69, 9.17) is 0 Å². The number of likely N-dealkylation sites (tertiary alicyclic amines) is 1. The van der Waals surface area contributed by atoms with Crippen molar-refractivity contribution in [1.29, 1.82) is 0 Å². The summed E-state index contributed by atoms with van der Waals surface area (Å²) in [5, 5.41) is 3.15. The zero-order chi connectivity index (χ0) is 14.6. The predicted molar refractivity (Wildman–Crippen MR) is 82.7 cm³/mol. The van der Waals surface area contributed by atoms with E-state index in [-0.39, 0.29) is 11.3 Å². The number of aryl methyl sites for hydroxylation is 1. The first-order valence-corrected chi connectivity index (χ1v) is 10.1. The van der Waals surface area contributed by atoms with Gasteiger partial charge in [-0.05, 0) is 32.6 Å². The molecular formula is C14H21N3O2S2. The average molecular weight is 327 g/mol. The maximum absolute atomic E-state index is 12.5. The van der Waals surface area contributed by atoms with Crippen LogP contribution < -0.4 is 0 Å². The van der Waals surface area contributed by atoms with Crippen LogP contribution in [-0.2, 0) is 16.6 Å². The number of hydrogen-bond acceptors (Lipinski definition) is 5. The van der Waals surface area contributed by atoms with E-state index in [0.717, 1.165) is 49.5 Å². The van der Waals surface area contributed by atoms with Crippen molar-refractivity contribution in [2.45, 2.75) is 56.5 Å².